The number of carbonyl (C=O) groups is 1. The summed E-state index contributed by atoms with van der Waals surface area (Å²) >= 11 is 0. The first-order chi connectivity index (χ1) is 9.95. The van der Waals surface area contributed by atoms with E-state index in [0.29, 0.717) is 0 Å². The van der Waals surface area contributed by atoms with Crippen LogP contribution in [0.2, 0.25) is 0 Å². The van der Waals surface area contributed by atoms with Crippen LogP contribution in [0, 0.1) is 5.82 Å². The van der Waals surface area contributed by atoms with Crippen LogP contribution in [0.3, 0.4) is 0 Å². The van der Waals surface area contributed by atoms with E-state index in [9.17, 15) is 22.8 Å². The summed E-state index contributed by atoms with van der Waals surface area (Å²) in [5, 5.41) is 2.33. The Bertz CT molecular complexity index is 716. The van der Waals surface area contributed by atoms with E-state index < -0.39 is 29.6 Å². The average molecular weight is 298 g/mol. The van der Waals surface area contributed by atoms with Crippen LogP contribution in [-0.4, -0.2) is 17.5 Å². The number of aromatic amines is 1. The van der Waals surface area contributed by atoms with Gasteiger partial charge in [0.15, 0.2) is 11.6 Å². The Labute approximate surface area is 116 Å². The van der Waals surface area contributed by atoms with Crippen molar-refractivity contribution >= 4 is 11.6 Å². The molecule has 1 aromatic heterocycles. The number of pyridine rings is 1. The van der Waals surface area contributed by atoms with Crippen molar-refractivity contribution in [2.45, 2.75) is 6.61 Å². The van der Waals surface area contributed by atoms with Crippen LogP contribution in [0.25, 0.3) is 0 Å². The molecule has 2 N–H and O–H groups in total. The maximum absolute atomic E-state index is 13.5. The molecule has 0 saturated carbocycles. The zero-order chi connectivity index (χ0) is 15.4. The quantitative estimate of drug-likeness (QED) is 0.910. The minimum atomic E-state index is -3.14. The number of anilines is 1. The lowest BCUT2D eigenvalue weighted by Crippen LogP contribution is -2.15. The van der Waals surface area contributed by atoms with Crippen LogP contribution >= 0.6 is 0 Å². The number of alkyl halides is 2. The molecule has 0 radical (unpaired) electrons. The SMILES string of the molecule is O=C(Nc1ccc(OC(F)F)c(F)c1)c1cc[nH]c(=O)c1. The summed E-state index contributed by atoms with van der Waals surface area (Å²) in [6.45, 7) is -3.14. The molecule has 0 spiro atoms. The van der Waals surface area contributed by atoms with E-state index >= 15 is 0 Å². The standard InChI is InChI=1S/C13H9F3N2O3/c14-9-6-8(1-2-10(9)21-13(15)16)18-12(20)7-3-4-17-11(19)5-7/h1-6,13H,(H,17,19)(H,18,20). The molecular formula is C13H9F3N2O3. The number of H-pyrrole nitrogens is 1. The molecule has 0 bridgehead atoms. The average Bonchev–Trinajstić information content (AvgIpc) is 2.41. The van der Waals surface area contributed by atoms with Crippen molar-refractivity contribution in [3.63, 3.8) is 0 Å². The third-order valence-corrected chi connectivity index (χ3v) is 2.44. The van der Waals surface area contributed by atoms with E-state index in [-0.39, 0.29) is 11.3 Å². The normalized spacial score (nSPS) is 10.5. The van der Waals surface area contributed by atoms with Gasteiger partial charge < -0.3 is 15.0 Å². The van der Waals surface area contributed by atoms with Crippen LogP contribution in [0.5, 0.6) is 5.75 Å². The zero-order valence-electron chi connectivity index (χ0n) is 10.4. The number of ether oxygens (including phenoxy) is 1. The zero-order valence-corrected chi connectivity index (χ0v) is 10.4. The Hall–Kier alpha value is -2.77. The van der Waals surface area contributed by atoms with Crippen molar-refractivity contribution in [3.05, 3.63) is 58.3 Å². The van der Waals surface area contributed by atoms with Crippen molar-refractivity contribution in [3.8, 4) is 5.75 Å². The third-order valence-electron chi connectivity index (χ3n) is 2.44. The van der Waals surface area contributed by atoms with Gasteiger partial charge in [0.1, 0.15) is 0 Å². The highest BCUT2D eigenvalue weighted by molar-refractivity contribution is 6.04. The molecule has 0 atom stereocenters. The Balaban J connectivity index is 2.15. The summed E-state index contributed by atoms with van der Waals surface area (Å²) in [6, 6.07) is 5.44. The summed E-state index contributed by atoms with van der Waals surface area (Å²) in [5.41, 5.74) is -0.346. The van der Waals surface area contributed by atoms with E-state index in [0.717, 1.165) is 18.2 Å². The number of hydrogen-bond acceptors (Lipinski definition) is 3. The van der Waals surface area contributed by atoms with Gasteiger partial charge in [-0.2, -0.15) is 8.78 Å². The number of amides is 1. The van der Waals surface area contributed by atoms with Gasteiger partial charge in [-0.1, -0.05) is 0 Å². The molecule has 110 valence electrons. The van der Waals surface area contributed by atoms with Gasteiger partial charge in [0.2, 0.25) is 5.56 Å². The molecule has 0 aliphatic heterocycles. The topological polar surface area (TPSA) is 71.2 Å². The number of nitrogens with one attached hydrogen (secondary N) is 2. The lowest BCUT2D eigenvalue weighted by Gasteiger charge is -2.08. The predicted molar refractivity (Wildman–Crippen MR) is 68.0 cm³/mol. The van der Waals surface area contributed by atoms with Crippen molar-refractivity contribution in [1.82, 2.24) is 4.98 Å². The van der Waals surface area contributed by atoms with Crippen molar-refractivity contribution in [2.24, 2.45) is 0 Å². The largest absolute Gasteiger partial charge is 0.432 e. The number of benzene rings is 1. The van der Waals surface area contributed by atoms with Crippen molar-refractivity contribution in [2.75, 3.05) is 5.32 Å². The van der Waals surface area contributed by atoms with Crippen LogP contribution < -0.4 is 15.6 Å². The number of rotatable bonds is 4. The first-order valence-electron chi connectivity index (χ1n) is 5.70. The van der Waals surface area contributed by atoms with Gasteiger partial charge in [0.05, 0.1) is 0 Å². The molecule has 5 nitrogen and oxygen atoms in total. The van der Waals surface area contributed by atoms with Gasteiger partial charge >= 0.3 is 6.61 Å². The molecular weight excluding hydrogens is 289 g/mol. The van der Waals surface area contributed by atoms with Crippen LogP contribution in [-0.2, 0) is 0 Å². The highest BCUT2D eigenvalue weighted by atomic mass is 19.3. The maximum Gasteiger partial charge on any atom is 0.387 e. The molecule has 1 aromatic carbocycles. The molecule has 21 heavy (non-hydrogen) atoms. The number of halogens is 3. The lowest BCUT2D eigenvalue weighted by molar-refractivity contribution is -0.0521. The number of carbonyl (C=O) groups excluding carboxylic acids is 1. The molecule has 2 rings (SSSR count). The Morgan fingerprint density at radius 3 is 2.62 bits per heavy atom. The Morgan fingerprint density at radius 2 is 2.00 bits per heavy atom. The molecule has 0 fully saturated rings. The summed E-state index contributed by atoms with van der Waals surface area (Å²) in [6.07, 6.45) is 1.29. The molecule has 0 saturated heterocycles. The monoisotopic (exact) mass is 298 g/mol. The number of aromatic nitrogens is 1. The van der Waals surface area contributed by atoms with E-state index in [1.165, 1.54) is 18.3 Å². The van der Waals surface area contributed by atoms with Gasteiger partial charge in [-0.05, 0) is 18.2 Å². The summed E-state index contributed by atoms with van der Waals surface area (Å²) in [4.78, 5) is 25.2. The summed E-state index contributed by atoms with van der Waals surface area (Å²) in [5.74, 6) is -2.30. The second-order valence-corrected chi connectivity index (χ2v) is 3.92. The fraction of sp³-hybridized carbons (Fsp3) is 0.0769. The second-order valence-electron chi connectivity index (χ2n) is 3.92. The molecule has 2 aromatic rings. The molecule has 0 aliphatic rings. The van der Waals surface area contributed by atoms with Gasteiger partial charge in [-0.3, -0.25) is 9.59 Å². The fourth-order valence-electron chi connectivity index (χ4n) is 1.56. The second kappa shape index (κ2) is 6.12. The van der Waals surface area contributed by atoms with Gasteiger partial charge in [0, 0.05) is 29.6 Å². The molecule has 0 unspecified atom stereocenters. The van der Waals surface area contributed by atoms with Crippen LogP contribution in [0.15, 0.2) is 41.3 Å². The Kier molecular flexibility index (Phi) is 4.27. The highest BCUT2D eigenvalue weighted by Gasteiger charge is 2.12. The van der Waals surface area contributed by atoms with E-state index in [2.05, 4.69) is 15.0 Å². The predicted octanol–water partition coefficient (Wildman–Crippen LogP) is 2.37. The minimum Gasteiger partial charge on any atom is -0.432 e. The lowest BCUT2D eigenvalue weighted by atomic mass is 10.2. The number of hydrogen-bond donors (Lipinski definition) is 2. The third kappa shape index (κ3) is 3.85. The van der Waals surface area contributed by atoms with Gasteiger partial charge in [0.25, 0.3) is 5.91 Å². The smallest absolute Gasteiger partial charge is 0.387 e. The van der Waals surface area contributed by atoms with Gasteiger partial charge in [-0.25, -0.2) is 4.39 Å². The van der Waals surface area contributed by atoms with E-state index in [1.807, 2.05) is 0 Å². The molecule has 0 aliphatic carbocycles. The van der Waals surface area contributed by atoms with Crippen molar-refractivity contribution in [1.29, 1.82) is 0 Å². The van der Waals surface area contributed by atoms with Crippen LogP contribution in [0.1, 0.15) is 10.4 Å². The minimum absolute atomic E-state index is 0.0411. The summed E-state index contributed by atoms with van der Waals surface area (Å²) in [7, 11) is 0. The van der Waals surface area contributed by atoms with E-state index in [4.69, 9.17) is 0 Å². The first kappa shape index (κ1) is 14.6. The van der Waals surface area contributed by atoms with Crippen LogP contribution in [0.4, 0.5) is 18.9 Å². The summed E-state index contributed by atoms with van der Waals surface area (Å²) < 4.78 is 41.4. The molecule has 8 heteroatoms. The molecule has 1 heterocycles. The first-order valence-corrected chi connectivity index (χ1v) is 5.70. The fourth-order valence-corrected chi connectivity index (χ4v) is 1.56. The molecule has 1 amide bonds. The van der Waals surface area contributed by atoms with E-state index in [1.54, 1.807) is 0 Å². The van der Waals surface area contributed by atoms with Gasteiger partial charge in [-0.15, -0.1) is 0 Å². The highest BCUT2D eigenvalue weighted by Crippen LogP contribution is 2.23. The maximum atomic E-state index is 13.5. The Morgan fingerprint density at radius 1 is 1.24 bits per heavy atom. The van der Waals surface area contributed by atoms with Crippen molar-refractivity contribution < 1.29 is 22.7 Å².